The Morgan fingerprint density at radius 1 is 0.897 bits per heavy atom. The fraction of sp³-hybridized carbons (Fsp3) is 0.500. The Morgan fingerprint density at radius 2 is 1.52 bits per heavy atom. The highest BCUT2D eigenvalue weighted by molar-refractivity contribution is 5.89. The second-order valence-electron chi connectivity index (χ2n) is 6.95. The minimum absolute atomic E-state index is 0.352. The number of carbonyl (C=O) groups is 4. The number of esters is 4. The molecular formula is C20H22O9. The van der Waals surface area contributed by atoms with Crippen LogP contribution in [-0.2, 0) is 38.1 Å². The third-order valence-electron chi connectivity index (χ3n) is 4.86. The van der Waals surface area contributed by atoms with Crippen molar-refractivity contribution < 1.29 is 42.9 Å². The molecule has 3 rings (SSSR count). The molecule has 5 atom stereocenters. The van der Waals surface area contributed by atoms with Crippen LogP contribution in [0.2, 0.25) is 0 Å². The van der Waals surface area contributed by atoms with Crippen LogP contribution in [0.4, 0.5) is 0 Å². The van der Waals surface area contributed by atoms with Gasteiger partial charge in [0.25, 0.3) is 0 Å². The molecule has 29 heavy (non-hydrogen) atoms. The summed E-state index contributed by atoms with van der Waals surface area (Å²) in [4.78, 5) is 47.2. The van der Waals surface area contributed by atoms with Crippen LogP contribution in [0.15, 0.2) is 30.3 Å². The number of hydrogen-bond donors (Lipinski definition) is 0. The Labute approximate surface area is 167 Å². The number of carbonyl (C=O) groups excluding carboxylic acids is 4. The number of hydrogen-bond acceptors (Lipinski definition) is 9. The molecule has 0 amide bonds. The molecule has 1 spiro atoms. The lowest BCUT2D eigenvalue weighted by atomic mass is 9.72. The smallest absolute Gasteiger partial charge is 0.338 e. The van der Waals surface area contributed by atoms with Gasteiger partial charge in [0.05, 0.1) is 5.56 Å². The quantitative estimate of drug-likeness (QED) is 0.530. The molecule has 2 fully saturated rings. The van der Waals surface area contributed by atoms with E-state index in [4.69, 9.17) is 23.7 Å². The molecular weight excluding hydrogens is 384 g/mol. The van der Waals surface area contributed by atoms with Gasteiger partial charge in [0.15, 0.2) is 11.7 Å². The molecule has 0 aromatic heterocycles. The first-order valence-electron chi connectivity index (χ1n) is 9.18. The summed E-state index contributed by atoms with van der Waals surface area (Å²) in [7, 11) is 0. The van der Waals surface area contributed by atoms with Gasteiger partial charge in [-0.1, -0.05) is 18.2 Å². The van der Waals surface area contributed by atoms with Crippen LogP contribution >= 0.6 is 0 Å². The molecule has 2 aliphatic rings. The van der Waals surface area contributed by atoms with Crippen molar-refractivity contribution >= 4 is 23.9 Å². The second-order valence-corrected chi connectivity index (χ2v) is 6.95. The van der Waals surface area contributed by atoms with E-state index in [2.05, 4.69) is 0 Å². The van der Waals surface area contributed by atoms with E-state index in [9.17, 15) is 19.2 Å². The average molecular weight is 406 g/mol. The summed E-state index contributed by atoms with van der Waals surface area (Å²) < 4.78 is 27.3. The lowest BCUT2D eigenvalue weighted by molar-refractivity contribution is -0.246. The predicted molar refractivity (Wildman–Crippen MR) is 95.4 cm³/mol. The Balaban J connectivity index is 1.87. The molecule has 0 radical (unpaired) electrons. The van der Waals surface area contributed by atoms with Gasteiger partial charge in [-0.25, -0.2) is 4.79 Å². The molecule has 9 heteroatoms. The highest BCUT2D eigenvalue weighted by atomic mass is 16.8. The minimum atomic E-state index is -1.29. The minimum Gasteiger partial charge on any atom is -0.456 e. The van der Waals surface area contributed by atoms with Crippen LogP contribution in [0.25, 0.3) is 0 Å². The molecule has 9 nitrogen and oxygen atoms in total. The topological polar surface area (TPSA) is 114 Å². The van der Waals surface area contributed by atoms with Crippen molar-refractivity contribution in [1.82, 2.24) is 0 Å². The summed E-state index contributed by atoms with van der Waals surface area (Å²) >= 11 is 0. The first-order valence-corrected chi connectivity index (χ1v) is 9.18. The highest BCUT2D eigenvalue weighted by Gasteiger charge is 2.69. The maximum Gasteiger partial charge on any atom is 0.338 e. The van der Waals surface area contributed by atoms with Gasteiger partial charge in [0.1, 0.15) is 6.10 Å². The lowest BCUT2D eigenvalue weighted by Gasteiger charge is -2.47. The Kier molecular flexibility index (Phi) is 5.88. The van der Waals surface area contributed by atoms with E-state index in [-0.39, 0.29) is 0 Å². The van der Waals surface area contributed by atoms with E-state index in [1.54, 1.807) is 30.3 Å². The Hall–Kier alpha value is -2.94. The molecule has 156 valence electrons. The number of benzene rings is 1. The molecule has 0 bridgehead atoms. The van der Waals surface area contributed by atoms with Gasteiger partial charge >= 0.3 is 23.9 Å². The van der Waals surface area contributed by atoms with E-state index in [0.717, 1.165) is 0 Å². The SMILES string of the molecule is CC(=O)OC1O[C@]2(CCC2OC(=O)c2ccccc2)C(OC(C)=O)C1OC(C)=O. The lowest BCUT2D eigenvalue weighted by Crippen LogP contribution is -2.62. The van der Waals surface area contributed by atoms with Gasteiger partial charge in [-0.3, -0.25) is 14.4 Å². The van der Waals surface area contributed by atoms with Gasteiger partial charge < -0.3 is 23.7 Å². The van der Waals surface area contributed by atoms with Crippen molar-refractivity contribution in [2.75, 3.05) is 0 Å². The van der Waals surface area contributed by atoms with Crippen molar-refractivity contribution in [3.63, 3.8) is 0 Å². The standard InChI is InChI=1S/C20H22O9/c1-11(21)25-16-17(26-12(2)22)20(29-19(16)27-13(3)23)10-9-15(20)28-18(24)14-7-5-4-6-8-14/h4-8,15-17,19H,9-10H2,1-3H3/t15?,16?,17?,19?,20-/m0/s1. The first kappa shape index (κ1) is 20.8. The van der Waals surface area contributed by atoms with Crippen LogP contribution in [0.3, 0.4) is 0 Å². The van der Waals surface area contributed by atoms with Crippen LogP contribution < -0.4 is 0 Å². The summed E-state index contributed by atoms with van der Waals surface area (Å²) in [6.45, 7) is 3.55. The molecule has 4 unspecified atom stereocenters. The molecule has 1 heterocycles. The third-order valence-corrected chi connectivity index (χ3v) is 4.86. The zero-order valence-corrected chi connectivity index (χ0v) is 16.3. The van der Waals surface area contributed by atoms with Gasteiger partial charge in [-0.15, -0.1) is 0 Å². The molecule has 1 aromatic rings. The number of rotatable bonds is 5. The summed E-state index contributed by atoms with van der Waals surface area (Å²) in [6.07, 6.45) is -3.56. The average Bonchev–Trinajstić information content (AvgIpc) is 2.93. The first-order chi connectivity index (χ1) is 13.7. The molecule has 1 saturated heterocycles. The van der Waals surface area contributed by atoms with Crippen molar-refractivity contribution in [1.29, 1.82) is 0 Å². The van der Waals surface area contributed by atoms with Crippen LogP contribution in [-0.4, -0.2) is 54.1 Å². The number of ether oxygens (including phenoxy) is 5. The van der Waals surface area contributed by atoms with Crippen LogP contribution in [0.1, 0.15) is 44.0 Å². The van der Waals surface area contributed by atoms with Crippen molar-refractivity contribution in [3.8, 4) is 0 Å². The van der Waals surface area contributed by atoms with Crippen LogP contribution in [0.5, 0.6) is 0 Å². The van der Waals surface area contributed by atoms with Crippen molar-refractivity contribution in [2.45, 2.75) is 63.8 Å². The summed E-state index contributed by atoms with van der Waals surface area (Å²) in [5.74, 6) is -2.54. The normalized spacial score (nSPS) is 30.2. The molecule has 0 N–H and O–H groups in total. The second kappa shape index (κ2) is 8.20. The molecule has 1 aliphatic heterocycles. The van der Waals surface area contributed by atoms with Crippen LogP contribution in [0, 0.1) is 0 Å². The Bertz CT molecular complexity index is 805. The Morgan fingerprint density at radius 3 is 2.03 bits per heavy atom. The predicted octanol–water partition coefficient (Wildman–Crippen LogP) is 1.53. The summed E-state index contributed by atoms with van der Waals surface area (Å²) in [5.41, 5.74) is -0.930. The zero-order chi connectivity index (χ0) is 21.2. The summed E-state index contributed by atoms with van der Waals surface area (Å²) in [6, 6.07) is 8.39. The fourth-order valence-corrected chi connectivity index (χ4v) is 3.62. The zero-order valence-electron chi connectivity index (χ0n) is 16.3. The van der Waals surface area contributed by atoms with E-state index in [1.807, 2.05) is 0 Å². The monoisotopic (exact) mass is 406 g/mol. The van der Waals surface area contributed by atoms with E-state index >= 15 is 0 Å². The maximum atomic E-state index is 12.5. The molecule has 1 saturated carbocycles. The fourth-order valence-electron chi connectivity index (χ4n) is 3.62. The molecule has 1 aliphatic carbocycles. The molecule has 1 aromatic carbocycles. The van der Waals surface area contributed by atoms with Crippen molar-refractivity contribution in [3.05, 3.63) is 35.9 Å². The largest absolute Gasteiger partial charge is 0.456 e. The van der Waals surface area contributed by atoms with Gasteiger partial charge in [0, 0.05) is 20.8 Å². The highest BCUT2D eigenvalue weighted by Crippen LogP contribution is 2.50. The van der Waals surface area contributed by atoms with Gasteiger partial charge in [0.2, 0.25) is 12.4 Å². The van der Waals surface area contributed by atoms with Gasteiger partial charge in [-0.05, 0) is 25.0 Å². The van der Waals surface area contributed by atoms with E-state index in [0.29, 0.717) is 18.4 Å². The van der Waals surface area contributed by atoms with Gasteiger partial charge in [-0.2, -0.15) is 0 Å². The third kappa shape index (κ3) is 4.24. The van der Waals surface area contributed by atoms with E-state index < -0.39 is 54.1 Å². The van der Waals surface area contributed by atoms with Crippen molar-refractivity contribution in [2.24, 2.45) is 0 Å². The summed E-state index contributed by atoms with van der Waals surface area (Å²) in [5, 5.41) is 0. The van der Waals surface area contributed by atoms with E-state index in [1.165, 1.54) is 20.8 Å². The maximum absolute atomic E-state index is 12.5.